The highest BCUT2D eigenvalue weighted by atomic mass is 35.5. The van der Waals surface area contributed by atoms with Crippen molar-refractivity contribution in [2.24, 2.45) is 0 Å². The van der Waals surface area contributed by atoms with E-state index in [0.717, 1.165) is 17.5 Å². The third-order valence-corrected chi connectivity index (χ3v) is 6.99. The molecule has 164 valence electrons. The van der Waals surface area contributed by atoms with Crippen LogP contribution < -0.4 is 5.32 Å². The van der Waals surface area contributed by atoms with Crippen molar-refractivity contribution in [2.45, 2.75) is 29.7 Å². The van der Waals surface area contributed by atoms with Crippen LogP contribution in [-0.4, -0.2) is 62.3 Å². The van der Waals surface area contributed by atoms with E-state index in [0.29, 0.717) is 43.1 Å². The Balaban J connectivity index is 1.32. The van der Waals surface area contributed by atoms with Gasteiger partial charge in [0.25, 0.3) is 0 Å². The molecule has 2 saturated heterocycles. The molecular formula is C21H22ClN3O5S. The lowest BCUT2D eigenvalue weighted by Crippen LogP contribution is -2.49. The van der Waals surface area contributed by atoms with Gasteiger partial charge in [-0.25, -0.2) is 13.2 Å². The number of carbonyl (C=O) groups excluding carboxylic acids is 2. The predicted molar refractivity (Wildman–Crippen MR) is 115 cm³/mol. The Bertz CT molecular complexity index is 1110. The number of halogens is 1. The normalized spacial score (nSPS) is 19.0. The topological polar surface area (TPSA) is 106 Å². The standard InChI is InChI=1S/C21H22ClN3O5S/c1-31(28,29)16-4-5-17(18(22)8-16)13-2-6-19(23-9-13)14-10-25(11-14)20(26)7-3-15-12-30-21(27)24-15/h2,4-6,8-9,14-15H,3,7,10-12H2,1H3,(H,24,27)/t15-/m1/s1. The summed E-state index contributed by atoms with van der Waals surface area (Å²) in [6.45, 7) is 1.54. The molecule has 2 aliphatic heterocycles. The molecule has 2 aromatic rings. The van der Waals surface area contributed by atoms with Crippen LogP contribution in [0.3, 0.4) is 0 Å². The zero-order valence-electron chi connectivity index (χ0n) is 16.9. The third-order valence-electron chi connectivity index (χ3n) is 5.56. The SMILES string of the molecule is CS(=O)(=O)c1ccc(-c2ccc(C3CN(C(=O)CC[C@@H]4COC(=O)N4)C3)nc2)c(Cl)c1. The first-order valence-corrected chi connectivity index (χ1v) is 12.1. The van der Waals surface area contributed by atoms with Crippen molar-refractivity contribution in [3.8, 4) is 11.1 Å². The minimum atomic E-state index is -3.32. The average Bonchev–Trinajstić information content (AvgIpc) is 3.10. The summed E-state index contributed by atoms with van der Waals surface area (Å²) in [5, 5.41) is 3.02. The molecule has 0 unspecified atom stereocenters. The van der Waals surface area contributed by atoms with E-state index in [1.807, 2.05) is 12.1 Å². The van der Waals surface area contributed by atoms with E-state index >= 15 is 0 Å². The fourth-order valence-electron chi connectivity index (χ4n) is 3.67. The summed E-state index contributed by atoms with van der Waals surface area (Å²) in [4.78, 5) is 29.8. The van der Waals surface area contributed by atoms with Gasteiger partial charge in [0.2, 0.25) is 5.91 Å². The number of benzene rings is 1. The van der Waals surface area contributed by atoms with E-state index < -0.39 is 15.9 Å². The summed E-state index contributed by atoms with van der Waals surface area (Å²) in [6, 6.07) is 8.37. The van der Waals surface area contributed by atoms with Crippen LogP contribution in [0.15, 0.2) is 41.4 Å². The summed E-state index contributed by atoms with van der Waals surface area (Å²) in [7, 11) is -3.32. The van der Waals surface area contributed by atoms with Crippen molar-refractivity contribution in [3.63, 3.8) is 0 Å². The van der Waals surface area contributed by atoms with E-state index in [9.17, 15) is 18.0 Å². The fraction of sp³-hybridized carbons (Fsp3) is 0.381. The first kappa shape index (κ1) is 21.6. The van der Waals surface area contributed by atoms with Gasteiger partial charge in [-0.2, -0.15) is 0 Å². The molecule has 2 amide bonds. The van der Waals surface area contributed by atoms with Crippen LogP contribution in [0, 0.1) is 0 Å². The number of aromatic nitrogens is 1. The monoisotopic (exact) mass is 463 g/mol. The van der Waals surface area contributed by atoms with Crippen molar-refractivity contribution < 1.29 is 22.7 Å². The first-order valence-electron chi connectivity index (χ1n) is 9.87. The predicted octanol–water partition coefficient (Wildman–Crippen LogP) is 2.62. The number of ether oxygens (including phenoxy) is 1. The molecule has 1 aromatic heterocycles. The molecule has 4 rings (SSSR count). The van der Waals surface area contributed by atoms with Gasteiger partial charge in [0.05, 0.1) is 10.9 Å². The summed E-state index contributed by atoms with van der Waals surface area (Å²) in [6.07, 6.45) is 3.36. The molecule has 31 heavy (non-hydrogen) atoms. The summed E-state index contributed by atoms with van der Waals surface area (Å²) < 4.78 is 28.2. The van der Waals surface area contributed by atoms with Gasteiger partial charge in [-0.15, -0.1) is 0 Å². The molecule has 0 saturated carbocycles. The second-order valence-electron chi connectivity index (χ2n) is 7.86. The van der Waals surface area contributed by atoms with Crippen LogP contribution in [0.25, 0.3) is 11.1 Å². The third kappa shape index (κ3) is 4.83. The Hall–Kier alpha value is -2.65. The molecular weight excluding hydrogens is 442 g/mol. The van der Waals surface area contributed by atoms with Crippen molar-refractivity contribution in [3.05, 3.63) is 47.2 Å². The molecule has 0 aliphatic carbocycles. The number of hydrogen-bond donors (Lipinski definition) is 1. The Labute approximate surface area is 185 Å². The zero-order valence-corrected chi connectivity index (χ0v) is 18.4. The first-order chi connectivity index (χ1) is 14.7. The maximum Gasteiger partial charge on any atom is 0.407 e. The van der Waals surface area contributed by atoms with Gasteiger partial charge in [-0.1, -0.05) is 23.7 Å². The van der Waals surface area contributed by atoms with Gasteiger partial charge < -0.3 is 15.0 Å². The highest BCUT2D eigenvalue weighted by Gasteiger charge is 2.33. The van der Waals surface area contributed by atoms with E-state index in [1.165, 1.54) is 12.1 Å². The number of cyclic esters (lactones) is 1. The van der Waals surface area contributed by atoms with Crippen LogP contribution in [0.5, 0.6) is 0 Å². The highest BCUT2D eigenvalue weighted by Crippen LogP contribution is 2.32. The summed E-state index contributed by atoms with van der Waals surface area (Å²) >= 11 is 6.28. The van der Waals surface area contributed by atoms with Gasteiger partial charge in [-0.05, 0) is 24.6 Å². The Morgan fingerprint density at radius 1 is 1.29 bits per heavy atom. The fourth-order valence-corrected chi connectivity index (χ4v) is 4.68. The van der Waals surface area contributed by atoms with Crippen molar-refractivity contribution in [2.75, 3.05) is 26.0 Å². The Morgan fingerprint density at radius 2 is 2.06 bits per heavy atom. The molecule has 2 fully saturated rings. The smallest absolute Gasteiger partial charge is 0.407 e. The van der Waals surface area contributed by atoms with Crippen LogP contribution >= 0.6 is 11.6 Å². The number of amides is 2. The zero-order chi connectivity index (χ0) is 22.2. The van der Waals surface area contributed by atoms with Gasteiger partial charge >= 0.3 is 6.09 Å². The number of sulfone groups is 1. The Morgan fingerprint density at radius 3 is 2.65 bits per heavy atom. The second kappa shape index (κ2) is 8.47. The van der Waals surface area contributed by atoms with Crippen molar-refractivity contribution in [1.82, 2.24) is 15.2 Å². The number of alkyl carbamates (subject to hydrolysis) is 1. The van der Waals surface area contributed by atoms with E-state index in [-0.39, 0.29) is 22.8 Å². The number of hydrogen-bond acceptors (Lipinski definition) is 6. The highest BCUT2D eigenvalue weighted by molar-refractivity contribution is 7.90. The molecule has 3 heterocycles. The van der Waals surface area contributed by atoms with Gasteiger partial charge in [0, 0.05) is 59.7 Å². The lowest BCUT2D eigenvalue weighted by Gasteiger charge is -2.39. The molecule has 0 spiro atoms. The molecule has 0 bridgehead atoms. The minimum absolute atomic E-state index is 0.0618. The van der Waals surface area contributed by atoms with E-state index in [4.69, 9.17) is 16.3 Å². The second-order valence-corrected chi connectivity index (χ2v) is 10.3. The lowest BCUT2D eigenvalue weighted by atomic mass is 9.94. The van der Waals surface area contributed by atoms with Gasteiger partial charge in [-0.3, -0.25) is 9.78 Å². The lowest BCUT2D eigenvalue weighted by molar-refractivity contribution is -0.135. The van der Waals surface area contributed by atoms with Crippen molar-refractivity contribution in [1.29, 1.82) is 0 Å². The molecule has 2 aliphatic rings. The molecule has 1 aromatic carbocycles. The average molecular weight is 464 g/mol. The number of carbonyl (C=O) groups is 2. The maximum atomic E-state index is 12.3. The van der Waals surface area contributed by atoms with Crippen LogP contribution in [-0.2, 0) is 19.4 Å². The van der Waals surface area contributed by atoms with Crippen molar-refractivity contribution >= 4 is 33.4 Å². The summed E-state index contributed by atoms with van der Waals surface area (Å²) in [5.74, 6) is 0.238. The molecule has 8 nitrogen and oxygen atoms in total. The van der Waals surface area contributed by atoms with Crippen LogP contribution in [0.1, 0.15) is 24.5 Å². The Kier molecular flexibility index (Phi) is 5.90. The summed E-state index contributed by atoms with van der Waals surface area (Å²) in [5.41, 5.74) is 2.40. The van der Waals surface area contributed by atoms with E-state index in [2.05, 4.69) is 10.3 Å². The molecule has 1 atom stereocenters. The quantitative estimate of drug-likeness (QED) is 0.705. The molecule has 1 N–H and O–H groups in total. The van der Waals surface area contributed by atoms with Gasteiger partial charge in [0.1, 0.15) is 6.61 Å². The number of rotatable bonds is 6. The van der Waals surface area contributed by atoms with E-state index in [1.54, 1.807) is 17.2 Å². The maximum absolute atomic E-state index is 12.3. The van der Waals surface area contributed by atoms with Gasteiger partial charge in [0.15, 0.2) is 9.84 Å². The largest absolute Gasteiger partial charge is 0.447 e. The number of pyridine rings is 1. The van der Waals surface area contributed by atoms with Crippen LogP contribution in [0.4, 0.5) is 4.79 Å². The molecule has 0 radical (unpaired) electrons. The number of nitrogens with zero attached hydrogens (tertiary/aromatic N) is 2. The van der Waals surface area contributed by atoms with Crippen LogP contribution in [0.2, 0.25) is 5.02 Å². The minimum Gasteiger partial charge on any atom is -0.447 e. The number of likely N-dealkylation sites (tertiary alicyclic amines) is 1. The molecule has 10 heteroatoms. The number of nitrogens with one attached hydrogen (secondary N) is 1.